The van der Waals surface area contributed by atoms with Gasteiger partial charge < -0.3 is 15.2 Å². The van der Waals surface area contributed by atoms with Crippen molar-refractivity contribution in [3.8, 4) is 0 Å². The number of hydrogen-bond donors (Lipinski definition) is 2. The highest BCUT2D eigenvalue weighted by molar-refractivity contribution is 5.68. The summed E-state index contributed by atoms with van der Waals surface area (Å²) < 4.78 is 4.70. The molecule has 0 aromatic carbocycles. The topological polar surface area (TPSA) is 75.6 Å². The highest BCUT2D eigenvalue weighted by Crippen LogP contribution is 2.14. The Morgan fingerprint density at radius 1 is 1.38 bits per heavy atom. The van der Waals surface area contributed by atoms with Crippen molar-refractivity contribution in [2.75, 3.05) is 13.2 Å². The number of rotatable bonds is 7. The second-order valence-corrected chi connectivity index (χ2v) is 4.19. The Morgan fingerprint density at radius 2 is 2.00 bits per heavy atom. The molecule has 5 nitrogen and oxygen atoms in total. The molecule has 0 aliphatic carbocycles. The third-order valence-corrected chi connectivity index (χ3v) is 2.08. The number of carboxylic acid groups (broad SMARTS) is 1. The summed E-state index contributed by atoms with van der Waals surface area (Å²) in [6.45, 7) is 6.45. The van der Waals surface area contributed by atoms with E-state index in [-0.39, 0.29) is 12.3 Å². The maximum absolute atomic E-state index is 11.0. The molecule has 0 aliphatic rings. The van der Waals surface area contributed by atoms with Gasteiger partial charge in [-0.25, -0.2) is 4.79 Å². The van der Waals surface area contributed by atoms with Gasteiger partial charge in [0.1, 0.15) is 0 Å². The Morgan fingerprint density at radius 3 is 2.44 bits per heavy atom. The molecule has 0 saturated carbocycles. The van der Waals surface area contributed by atoms with Crippen LogP contribution in [0.1, 0.15) is 33.6 Å². The molecular weight excluding hydrogens is 210 g/mol. The largest absolute Gasteiger partial charge is 0.481 e. The molecule has 0 aromatic rings. The van der Waals surface area contributed by atoms with Crippen LogP contribution in [0.15, 0.2) is 0 Å². The second kappa shape index (κ2) is 7.96. The minimum atomic E-state index is -0.837. The normalized spacial score (nSPS) is 12.2. The van der Waals surface area contributed by atoms with Crippen molar-refractivity contribution in [2.45, 2.75) is 33.6 Å². The van der Waals surface area contributed by atoms with Crippen LogP contribution in [0.4, 0.5) is 4.79 Å². The molecule has 0 aromatic heterocycles. The molecule has 94 valence electrons. The maximum Gasteiger partial charge on any atom is 0.407 e. The predicted molar refractivity (Wildman–Crippen MR) is 60.2 cm³/mol. The van der Waals surface area contributed by atoms with Gasteiger partial charge in [-0.2, -0.15) is 0 Å². The fourth-order valence-electron chi connectivity index (χ4n) is 1.56. The first kappa shape index (κ1) is 14.7. The molecule has 0 radical (unpaired) electrons. The molecule has 2 N–H and O–H groups in total. The molecule has 0 fully saturated rings. The fourth-order valence-corrected chi connectivity index (χ4v) is 1.56. The van der Waals surface area contributed by atoms with Gasteiger partial charge in [-0.1, -0.05) is 13.8 Å². The van der Waals surface area contributed by atoms with Gasteiger partial charge >= 0.3 is 12.1 Å². The van der Waals surface area contributed by atoms with Crippen LogP contribution in [0.25, 0.3) is 0 Å². The molecule has 0 saturated heterocycles. The second-order valence-electron chi connectivity index (χ2n) is 4.19. The zero-order valence-corrected chi connectivity index (χ0v) is 10.2. The van der Waals surface area contributed by atoms with Gasteiger partial charge in [0.15, 0.2) is 0 Å². The summed E-state index contributed by atoms with van der Waals surface area (Å²) in [5.74, 6) is -0.466. The standard InChI is InChI=1S/C11H21NO4/c1-4-16-11(15)12-7-9(5-8(2)3)6-10(13)14/h8-9H,4-7H2,1-3H3,(H,12,15)(H,13,14). The Balaban J connectivity index is 4.00. The Bertz CT molecular complexity index is 228. The Labute approximate surface area is 96.2 Å². The number of amides is 1. The van der Waals surface area contributed by atoms with Crippen molar-refractivity contribution in [2.24, 2.45) is 11.8 Å². The molecule has 0 bridgehead atoms. The van der Waals surface area contributed by atoms with Gasteiger partial charge in [0.25, 0.3) is 0 Å². The van der Waals surface area contributed by atoms with Crippen LogP contribution < -0.4 is 5.32 Å². The lowest BCUT2D eigenvalue weighted by Crippen LogP contribution is -2.31. The van der Waals surface area contributed by atoms with Gasteiger partial charge in [0, 0.05) is 13.0 Å². The van der Waals surface area contributed by atoms with Crippen molar-refractivity contribution in [1.29, 1.82) is 0 Å². The fraction of sp³-hybridized carbons (Fsp3) is 0.818. The summed E-state index contributed by atoms with van der Waals surface area (Å²) in [7, 11) is 0. The van der Waals surface area contributed by atoms with Crippen molar-refractivity contribution in [1.82, 2.24) is 5.32 Å². The van der Waals surface area contributed by atoms with Crippen LogP contribution in [-0.4, -0.2) is 30.3 Å². The highest BCUT2D eigenvalue weighted by Gasteiger charge is 2.16. The SMILES string of the molecule is CCOC(=O)NCC(CC(=O)O)CC(C)C. The van der Waals surface area contributed by atoms with E-state index >= 15 is 0 Å². The molecule has 5 heteroatoms. The lowest BCUT2D eigenvalue weighted by molar-refractivity contribution is -0.138. The quantitative estimate of drug-likeness (QED) is 0.701. The zero-order chi connectivity index (χ0) is 12.6. The van der Waals surface area contributed by atoms with Crippen molar-refractivity contribution in [3.63, 3.8) is 0 Å². The first-order valence-electron chi connectivity index (χ1n) is 5.58. The third kappa shape index (κ3) is 8.08. The van der Waals surface area contributed by atoms with Crippen LogP contribution in [0.5, 0.6) is 0 Å². The van der Waals surface area contributed by atoms with Crippen molar-refractivity contribution < 1.29 is 19.4 Å². The number of carbonyl (C=O) groups excluding carboxylic acids is 1. The first-order valence-corrected chi connectivity index (χ1v) is 5.58. The number of alkyl carbamates (subject to hydrolysis) is 1. The molecule has 0 spiro atoms. The van der Waals surface area contributed by atoms with Crippen molar-refractivity contribution >= 4 is 12.1 Å². The summed E-state index contributed by atoms with van der Waals surface area (Å²) in [4.78, 5) is 21.7. The molecule has 0 heterocycles. The average molecular weight is 231 g/mol. The van der Waals surface area contributed by atoms with Crippen LogP contribution in [0.2, 0.25) is 0 Å². The predicted octanol–water partition coefficient (Wildman–Crippen LogP) is 1.87. The van der Waals surface area contributed by atoms with Crippen LogP contribution in [-0.2, 0) is 9.53 Å². The van der Waals surface area contributed by atoms with E-state index in [4.69, 9.17) is 9.84 Å². The monoisotopic (exact) mass is 231 g/mol. The molecule has 1 amide bonds. The molecule has 0 aliphatic heterocycles. The van der Waals surface area contributed by atoms with Crippen LogP contribution >= 0.6 is 0 Å². The summed E-state index contributed by atoms with van der Waals surface area (Å²) in [5.41, 5.74) is 0. The number of aliphatic carboxylic acids is 1. The Hall–Kier alpha value is -1.26. The lowest BCUT2D eigenvalue weighted by Gasteiger charge is -2.17. The molecule has 0 rings (SSSR count). The van der Waals surface area contributed by atoms with Gasteiger partial charge in [0.2, 0.25) is 0 Å². The summed E-state index contributed by atoms with van der Waals surface area (Å²) in [5, 5.41) is 11.3. The van der Waals surface area contributed by atoms with E-state index in [1.807, 2.05) is 13.8 Å². The molecule has 1 unspecified atom stereocenters. The zero-order valence-electron chi connectivity index (χ0n) is 10.2. The molecule has 1 atom stereocenters. The van der Waals surface area contributed by atoms with Crippen LogP contribution in [0, 0.1) is 11.8 Å². The highest BCUT2D eigenvalue weighted by atomic mass is 16.5. The van der Waals surface area contributed by atoms with Gasteiger partial charge in [-0.3, -0.25) is 4.79 Å². The van der Waals surface area contributed by atoms with Gasteiger partial charge in [-0.15, -0.1) is 0 Å². The van der Waals surface area contributed by atoms with E-state index in [0.717, 1.165) is 6.42 Å². The summed E-state index contributed by atoms with van der Waals surface area (Å²) in [6, 6.07) is 0. The number of ether oxygens (including phenoxy) is 1. The van der Waals surface area contributed by atoms with E-state index < -0.39 is 12.1 Å². The minimum Gasteiger partial charge on any atom is -0.481 e. The number of hydrogen-bond acceptors (Lipinski definition) is 3. The van der Waals surface area contributed by atoms with E-state index in [0.29, 0.717) is 19.1 Å². The number of carbonyl (C=O) groups is 2. The number of nitrogens with one attached hydrogen (secondary N) is 1. The molecule has 16 heavy (non-hydrogen) atoms. The third-order valence-electron chi connectivity index (χ3n) is 2.08. The van der Waals surface area contributed by atoms with Crippen molar-refractivity contribution in [3.05, 3.63) is 0 Å². The van der Waals surface area contributed by atoms with Crippen LogP contribution in [0.3, 0.4) is 0 Å². The smallest absolute Gasteiger partial charge is 0.407 e. The lowest BCUT2D eigenvalue weighted by atomic mass is 9.94. The summed E-state index contributed by atoms with van der Waals surface area (Å²) >= 11 is 0. The molecular formula is C11H21NO4. The minimum absolute atomic E-state index is 0.0399. The van der Waals surface area contributed by atoms with E-state index in [2.05, 4.69) is 5.32 Å². The van der Waals surface area contributed by atoms with E-state index in [9.17, 15) is 9.59 Å². The van der Waals surface area contributed by atoms with E-state index in [1.165, 1.54) is 0 Å². The van der Waals surface area contributed by atoms with E-state index in [1.54, 1.807) is 6.92 Å². The van der Waals surface area contributed by atoms with Gasteiger partial charge in [0.05, 0.1) is 6.61 Å². The Kier molecular flexibility index (Phi) is 7.33. The maximum atomic E-state index is 11.0. The first-order chi connectivity index (χ1) is 7.45. The van der Waals surface area contributed by atoms with Gasteiger partial charge in [-0.05, 0) is 25.2 Å². The average Bonchev–Trinajstić information content (AvgIpc) is 2.13. The number of carboxylic acids is 1. The summed E-state index contributed by atoms with van der Waals surface area (Å²) in [6.07, 6.45) is 0.366.